The highest BCUT2D eigenvalue weighted by molar-refractivity contribution is 5.92. The molecule has 0 aliphatic carbocycles. The number of rotatable bonds is 12. The predicted molar refractivity (Wildman–Crippen MR) is 144 cm³/mol. The summed E-state index contributed by atoms with van der Waals surface area (Å²) in [4.78, 5) is 42.3. The molecule has 2 aromatic carbocycles. The van der Waals surface area contributed by atoms with Crippen molar-refractivity contribution >= 4 is 34.7 Å². The number of aromatic nitrogens is 1. The van der Waals surface area contributed by atoms with E-state index in [2.05, 4.69) is 15.6 Å². The van der Waals surface area contributed by atoms with Crippen molar-refractivity contribution in [2.75, 3.05) is 7.05 Å². The predicted octanol–water partition coefficient (Wildman–Crippen LogP) is 3.83. The molecule has 3 amide bonds. The van der Waals surface area contributed by atoms with E-state index in [1.807, 2.05) is 86.8 Å². The van der Waals surface area contributed by atoms with E-state index in [0.29, 0.717) is 6.42 Å². The number of hydroxylamine groups is 1. The maximum atomic E-state index is 13.6. The molecule has 37 heavy (non-hydrogen) atoms. The Morgan fingerprint density at radius 2 is 1.65 bits per heavy atom. The van der Waals surface area contributed by atoms with E-state index in [-0.39, 0.29) is 24.7 Å². The minimum atomic E-state index is -0.830. The molecule has 8 nitrogen and oxygen atoms in total. The van der Waals surface area contributed by atoms with Crippen LogP contribution in [-0.2, 0) is 20.8 Å². The SMILES string of the molecule is CNC(=O)[C@@H](Cc1c[nH]c2ccccc12)NC(=O)[C@@H](CC(C)C)[C@@H](C/C=C/c1ccccc1)C(=O)NO. The summed E-state index contributed by atoms with van der Waals surface area (Å²) in [5, 5.41) is 15.9. The van der Waals surface area contributed by atoms with Crippen LogP contribution < -0.4 is 16.1 Å². The molecule has 0 aliphatic heterocycles. The zero-order valence-electron chi connectivity index (χ0n) is 21.5. The van der Waals surface area contributed by atoms with Crippen LogP contribution >= 0.6 is 0 Å². The molecule has 0 aliphatic rings. The summed E-state index contributed by atoms with van der Waals surface area (Å²) in [6.07, 6.45) is 6.50. The Morgan fingerprint density at radius 3 is 2.32 bits per heavy atom. The Balaban J connectivity index is 1.83. The number of aromatic amines is 1. The average Bonchev–Trinajstić information content (AvgIpc) is 3.32. The highest BCUT2D eigenvalue weighted by atomic mass is 16.5. The molecule has 3 atom stereocenters. The van der Waals surface area contributed by atoms with Crippen molar-refractivity contribution in [3.05, 3.63) is 78.0 Å². The Hall–Kier alpha value is -3.91. The van der Waals surface area contributed by atoms with Crippen LogP contribution in [0.4, 0.5) is 0 Å². The van der Waals surface area contributed by atoms with E-state index < -0.39 is 29.7 Å². The minimum Gasteiger partial charge on any atom is -0.361 e. The van der Waals surface area contributed by atoms with Gasteiger partial charge in [-0.25, -0.2) is 5.48 Å². The van der Waals surface area contributed by atoms with Crippen LogP contribution in [0.25, 0.3) is 17.0 Å². The molecule has 8 heteroatoms. The number of nitrogens with one attached hydrogen (secondary N) is 4. The first-order valence-electron chi connectivity index (χ1n) is 12.6. The Kier molecular flexibility index (Phi) is 10.0. The molecule has 3 rings (SSSR count). The van der Waals surface area contributed by atoms with E-state index >= 15 is 0 Å². The van der Waals surface area contributed by atoms with Crippen LogP contribution in [0.5, 0.6) is 0 Å². The molecule has 0 bridgehead atoms. The first-order valence-corrected chi connectivity index (χ1v) is 12.6. The summed E-state index contributed by atoms with van der Waals surface area (Å²) in [7, 11) is 1.53. The number of carbonyl (C=O) groups is 3. The second-order valence-electron chi connectivity index (χ2n) is 9.61. The van der Waals surface area contributed by atoms with Crippen molar-refractivity contribution in [2.45, 2.75) is 39.2 Å². The first-order chi connectivity index (χ1) is 17.8. The molecule has 0 fully saturated rings. The van der Waals surface area contributed by atoms with Crippen molar-refractivity contribution < 1.29 is 19.6 Å². The first kappa shape index (κ1) is 27.7. The van der Waals surface area contributed by atoms with Gasteiger partial charge in [-0.05, 0) is 36.0 Å². The van der Waals surface area contributed by atoms with Gasteiger partial charge in [-0.1, -0.05) is 74.5 Å². The fourth-order valence-corrected chi connectivity index (χ4v) is 4.60. The second kappa shape index (κ2) is 13.4. The van der Waals surface area contributed by atoms with Crippen molar-refractivity contribution in [3.63, 3.8) is 0 Å². The molecule has 0 saturated carbocycles. The number of amides is 3. The van der Waals surface area contributed by atoms with Gasteiger partial charge in [0.05, 0.1) is 11.8 Å². The minimum absolute atomic E-state index is 0.106. The monoisotopic (exact) mass is 504 g/mol. The lowest BCUT2D eigenvalue weighted by atomic mass is 9.81. The van der Waals surface area contributed by atoms with E-state index in [9.17, 15) is 19.6 Å². The van der Waals surface area contributed by atoms with E-state index in [1.165, 1.54) is 7.05 Å². The molecule has 0 saturated heterocycles. The second-order valence-corrected chi connectivity index (χ2v) is 9.61. The van der Waals surface area contributed by atoms with Crippen LogP contribution in [0, 0.1) is 17.8 Å². The third kappa shape index (κ3) is 7.54. The Morgan fingerprint density at radius 1 is 0.946 bits per heavy atom. The van der Waals surface area contributed by atoms with E-state index in [0.717, 1.165) is 22.0 Å². The third-order valence-corrected chi connectivity index (χ3v) is 6.47. The lowest BCUT2D eigenvalue weighted by Crippen LogP contribution is -2.51. The molecule has 1 heterocycles. The molecule has 1 aromatic heterocycles. The highest BCUT2D eigenvalue weighted by Gasteiger charge is 2.35. The van der Waals surface area contributed by atoms with Gasteiger partial charge in [0.15, 0.2) is 0 Å². The summed E-state index contributed by atoms with van der Waals surface area (Å²) < 4.78 is 0. The summed E-state index contributed by atoms with van der Waals surface area (Å²) in [5.74, 6) is -2.81. The quantitative estimate of drug-likeness (QED) is 0.190. The topological polar surface area (TPSA) is 123 Å². The highest BCUT2D eigenvalue weighted by Crippen LogP contribution is 2.26. The van der Waals surface area contributed by atoms with Gasteiger partial charge in [-0.3, -0.25) is 19.6 Å². The summed E-state index contributed by atoms with van der Waals surface area (Å²) in [5.41, 5.74) is 4.55. The van der Waals surface area contributed by atoms with Crippen LogP contribution in [-0.4, -0.2) is 41.0 Å². The van der Waals surface area contributed by atoms with Crippen LogP contribution in [0.1, 0.15) is 37.8 Å². The largest absolute Gasteiger partial charge is 0.361 e. The van der Waals surface area contributed by atoms with Gasteiger partial charge in [0.2, 0.25) is 17.7 Å². The van der Waals surface area contributed by atoms with Crippen molar-refractivity contribution in [2.24, 2.45) is 17.8 Å². The van der Waals surface area contributed by atoms with Crippen molar-refractivity contribution in [1.82, 2.24) is 21.1 Å². The van der Waals surface area contributed by atoms with Crippen LogP contribution in [0.15, 0.2) is 66.9 Å². The molecule has 3 aromatic rings. The lowest BCUT2D eigenvalue weighted by molar-refractivity contribution is -0.141. The zero-order chi connectivity index (χ0) is 26.8. The van der Waals surface area contributed by atoms with Gasteiger partial charge >= 0.3 is 0 Å². The smallest absolute Gasteiger partial charge is 0.247 e. The number of likely N-dealkylation sites (N-methyl/N-ethyl adjacent to an activating group) is 1. The number of allylic oxidation sites excluding steroid dienone is 1. The van der Waals surface area contributed by atoms with Gasteiger partial charge in [0, 0.05) is 30.6 Å². The number of fused-ring (bicyclic) bond motifs is 1. The maximum Gasteiger partial charge on any atom is 0.247 e. The number of para-hydroxylation sites is 1. The van der Waals surface area contributed by atoms with Gasteiger partial charge in [-0.2, -0.15) is 0 Å². The molecule has 0 radical (unpaired) electrons. The average molecular weight is 505 g/mol. The van der Waals surface area contributed by atoms with Gasteiger partial charge in [-0.15, -0.1) is 0 Å². The van der Waals surface area contributed by atoms with Gasteiger partial charge in [0.1, 0.15) is 6.04 Å². The number of hydrogen-bond donors (Lipinski definition) is 5. The van der Waals surface area contributed by atoms with Crippen LogP contribution in [0.3, 0.4) is 0 Å². The van der Waals surface area contributed by atoms with Crippen molar-refractivity contribution in [1.29, 1.82) is 0 Å². The van der Waals surface area contributed by atoms with E-state index in [1.54, 1.807) is 5.48 Å². The Bertz CT molecular complexity index is 1220. The van der Waals surface area contributed by atoms with Gasteiger partial charge in [0.25, 0.3) is 0 Å². The van der Waals surface area contributed by atoms with Gasteiger partial charge < -0.3 is 15.6 Å². The molecule has 0 spiro atoms. The molecular formula is C29H36N4O4. The zero-order valence-corrected chi connectivity index (χ0v) is 21.5. The number of benzene rings is 2. The fraction of sp³-hybridized carbons (Fsp3) is 0.345. The fourth-order valence-electron chi connectivity index (χ4n) is 4.60. The number of H-pyrrole nitrogens is 1. The molecular weight excluding hydrogens is 468 g/mol. The summed E-state index contributed by atoms with van der Waals surface area (Å²) in [6.45, 7) is 3.94. The maximum absolute atomic E-state index is 13.6. The summed E-state index contributed by atoms with van der Waals surface area (Å²) in [6, 6.07) is 16.6. The van der Waals surface area contributed by atoms with Crippen molar-refractivity contribution in [3.8, 4) is 0 Å². The third-order valence-electron chi connectivity index (χ3n) is 6.47. The lowest BCUT2D eigenvalue weighted by Gasteiger charge is -2.27. The normalized spacial score (nSPS) is 13.9. The van der Waals surface area contributed by atoms with E-state index in [4.69, 9.17) is 0 Å². The molecule has 5 N–H and O–H groups in total. The van der Waals surface area contributed by atoms with Crippen LogP contribution in [0.2, 0.25) is 0 Å². The standard InChI is InChI=1S/C29H36N4O4/c1-19(2)16-24(23(28(35)33-37)14-9-12-20-10-5-4-6-11-20)27(34)32-26(29(36)30-3)17-21-18-31-25-15-8-7-13-22(21)25/h4-13,15,18-19,23-24,26,31,37H,14,16-17H2,1-3H3,(H,30,36)(H,32,34)(H,33,35)/b12-9+/t23-,24+,26-/m1/s1. The number of carbonyl (C=O) groups excluding carboxylic acids is 3. The molecule has 196 valence electrons. The summed E-state index contributed by atoms with van der Waals surface area (Å²) >= 11 is 0. The number of hydrogen-bond acceptors (Lipinski definition) is 4. The Labute approximate surface area is 217 Å². The molecule has 0 unspecified atom stereocenters.